The number of ether oxygens (including phenoxy) is 2. The molecule has 1 aliphatic rings. The molecule has 8 heteroatoms. The van der Waals surface area contributed by atoms with Crippen LogP contribution >= 0.6 is 23.2 Å². The highest BCUT2D eigenvalue weighted by Gasteiger charge is 2.19. The van der Waals surface area contributed by atoms with E-state index in [0.717, 1.165) is 25.7 Å². The Morgan fingerprint density at radius 3 is 2.44 bits per heavy atom. The first-order valence-electron chi connectivity index (χ1n) is 10.4. The topological polar surface area (TPSA) is 76.7 Å². The van der Waals surface area contributed by atoms with E-state index in [1.165, 1.54) is 26.7 Å². The van der Waals surface area contributed by atoms with Gasteiger partial charge < -0.3 is 20.1 Å². The Hall–Kier alpha value is -2.70. The van der Waals surface area contributed by atoms with Crippen molar-refractivity contribution >= 4 is 46.8 Å². The number of hydrogen-bond acceptors (Lipinski definition) is 4. The molecule has 0 unspecified atom stereocenters. The summed E-state index contributed by atoms with van der Waals surface area (Å²) in [6, 6.07) is 8.39. The van der Waals surface area contributed by atoms with Crippen molar-refractivity contribution in [1.29, 1.82) is 0 Å². The molecule has 6 nitrogen and oxygen atoms in total. The van der Waals surface area contributed by atoms with E-state index in [0.29, 0.717) is 38.4 Å². The average molecular weight is 477 g/mol. The van der Waals surface area contributed by atoms with Crippen molar-refractivity contribution in [2.45, 2.75) is 38.1 Å². The molecule has 1 saturated carbocycles. The SMILES string of the molecule is COc1cc(/C=C/C(=O)Nc2ccc(Cl)c(C(=O)NC3CCCCC3)c2)cc(Cl)c1OC. The van der Waals surface area contributed by atoms with Gasteiger partial charge in [0.2, 0.25) is 5.91 Å². The molecule has 1 aliphatic carbocycles. The Bertz CT molecular complexity index is 1020. The zero-order chi connectivity index (χ0) is 23.1. The summed E-state index contributed by atoms with van der Waals surface area (Å²) in [5, 5.41) is 6.51. The van der Waals surface area contributed by atoms with Gasteiger partial charge in [-0.25, -0.2) is 0 Å². The van der Waals surface area contributed by atoms with Crippen molar-refractivity contribution in [2.75, 3.05) is 19.5 Å². The molecule has 2 aromatic carbocycles. The second-order valence-corrected chi connectivity index (χ2v) is 8.38. The summed E-state index contributed by atoms with van der Waals surface area (Å²) < 4.78 is 10.5. The number of nitrogens with one attached hydrogen (secondary N) is 2. The van der Waals surface area contributed by atoms with E-state index in [1.807, 2.05) is 0 Å². The van der Waals surface area contributed by atoms with E-state index in [1.54, 1.807) is 36.4 Å². The average Bonchev–Trinajstić information content (AvgIpc) is 2.79. The minimum Gasteiger partial charge on any atom is -0.493 e. The number of carbonyl (C=O) groups is 2. The molecule has 1 fully saturated rings. The number of benzene rings is 2. The zero-order valence-electron chi connectivity index (χ0n) is 18.0. The number of methoxy groups -OCH3 is 2. The maximum atomic E-state index is 12.7. The number of amides is 2. The largest absolute Gasteiger partial charge is 0.493 e. The Morgan fingerprint density at radius 1 is 1.00 bits per heavy atom. The fraction of sp³-hybridized carbons (Fsp3) is 0.333. The number of halogens is 2. The van der Waals surface area contributed by atoms with Crippen molar-refractivity contribution in [3.63, 3.8) is 0 Å². The van der Waals surface area contributed by atoms with Crippen LogP contribution in [0.2, 0.25) is 10.0 Å². The van der Waals surface area contributed by atoms with Crippen molar-refractivity contribution in [1.82, 2.24) is 5.32 Å². The summed E-state index contributed by atoms with van der Waals surface area (Å²) in [5.74, 6) is 0.299. The Kier molecular flexibility index (Phi) is 8.42. The number of anilines is 1. The monoisotopic (exact) mass is 476 g/mol. The molecule has 32 heavy (non-hydrogen) atoms. The smallest absolute Gasteiger partial charge is 0.253 e. The Balaban J connectivity index is 1.68. The highest BCUT2D eigenvalue weighted by atomic mass is 35.5. The normalized spacial score (nSPS) is 14.2. The molecule has 0 radical (unpaired) electrons. The van der Waals surface area contributed by atoms with Crippen molar-refractivity contribution < 1.29 is 19.1 Å². The summed E-state index contributed by atoms with van der Waals surface area (Å²) in [4.78, 5) is 25.1. The summed E-state index contributed by atoms with van der Waals surface area (Å²) in [6.45, 7) is 0. The Morgan fingerprint density at radius 2 is 1.75 bits per heavy atom. The van der Waals surface area contributed by atoms with Crippen LogP contribution in [-0.4, -0.2) is 32.1 Å². The van der Waals surface area contributed by atoms with Crippen LogP contribution in [0, 0.1) is 0 Å². The fourth-order valence-corrected chi connectivity index (χ4v) is 4.18. The molecule has 0 aliphatic heterocycles. The van der Waals surface area contributed by atoms with Crippen LogP contribution in [0.4, 0.5) is 5.69 Å². The van der Waals surface area contributed by atoms with Crippen molar-refractivity contribution in [3.8, 4) is 11.5 Å². The van der Waals surface area contributed by atoms with Gasteiger partial charge in [-0.1, -0.05) is 42.5 Å². The first kappa shape index (κ1) is 24.0. The van der Waals surface area contributed by atoms with Gasteiger partial charge in [0.05, 0.1) is 29.8 Å². The standard InChI is InChI=1S/C24H26Cl2N2O4/c1-31-21-13-15(12-20(26)23(21)32-2)8-11-22(29)27-17-9-10-19(25)18(14-17)24(30)28-16-6-4-3-5-7-16/h8-14,16H,3-7H2,1-2H3,(H,27,29)(H,28,30)/b11-8+. The molecule has 0 saturated heterocycles. The molecule has 0 atom stereocenters. The third-order valence-corrected chi connectivity index (χ3v) is 5.91. The van der Waals surface area contributed by atoms with E-state index in [-0.39, 0.29) is 17.9 Å². The zero-order valence-corrected chi connectivity index (χ0v) is 19.6. The number of carbonyl (C=O) groups excluding carboxylic acids is 2. The highest BCUT2D eigenvalue weighted by molar-refractivity contribution is 6.34. The lowest BCUT2D eigenvalue weighted by Gasteiger charge is -2.23. The maximum absolute atomic E-state index is 12.7. The lowest BCUT2D eigenvalue weighted by atomic mass is 9.95. The molecule has 0 heterocycles. The predicted octanol–water partition coefficient (Wildman–Crippen LogP) is 5.73. The molecular formula is C24H26Cl2N2O4. The first-order chi connectivity index (χ1) is 15.4. The van der Waals surface area contributed by atoms with E-state index in [9.17, 15) is 9.59 Å². The minimum atomic E-state index is -0.364. The predicted molar refractivity (Wildman–Crippen MR) is 128 cm³/mol. The summed E-state index contributed by atoms with van der Waals surface area (Å²) >= 11 is 12.4. The van der Waals surface area contributed by atoms with Gasteiger partial charge in [0.1, 0.15) is 0 Å². The van der Waals surface area contributed by atoms with Gasteiger partial charge in [-0.05, 0) is 54.8 Å². The van der Waals surface area contributed by atoms with Gasteiger partial charge in [-0.15, -0.1) is 0 Å². The molecule has 0 bridgehead atoms. The van der Waals surface area contributed by atoms with Gasteiger partial charge in [-0.2, -0.15) is 0 Å². The van der Waals surface area contributed by atoms with Crippen LogP contribution in [0.3, 0.4) is 0 Å². The van der Waals surface area contributed by atoms with Gasteiger partial charge >= 0.3 is 0 Å². The first-order valence-corrected chi connectivity index (χ1v) is 11.2. The lowest BCUT2D eigenvalue weighted by Crippen LogP contribution is -2.36. The van der Waals surface area contributed by atoms with Gasteiger partial charge in [0, 0.05) is 17.8 Å². The van der Waals surface area contributed by atoms with E-state index in [2.05, 4.69) is 10.6 Å². The maximum Gasteiger partial charge on any atom is 0.253 e. The van der Waals surface area contributed by atoms with Crippen LogP contribution in [0.25, 0.3) is 6.08 Å². The number of hydrogen-bond donors (Lipinski definition) is 2. The third-order valence-electron chi connectivity index (χ3n) is 5.30. The van der Waals surface area contributed by atoms with Gasteiger partial charge in [-0.3, -0.25) is 9.59 Å². The summed E-state index contributed by atoms with van der Waals surface area (Å²) in [7, 11) is 3.01. The fourth-order valence-electron chi connectivity index (χ4n) is 3.68. The van der Waals surface area contributed by atoms with Crippen molar-refractivity contribution in [2.24, 2.45) is 0 Å². The molecule has 3 rings (SSSR count). The minimum absolute atomic E-state index is 0.168. The lowest BCUT2D eigenvalue weighted by molar-refractivity contribution is -0.111. The highest BCUT2D eigenvalue weighted by Crippen LogP contribution is 2.36. The molecular weight excluding hydrogens is 451 g/mol. The van der Waals surface area contributed by atoms with Crippen LogP contribution in [0.15, 0.2) is 36.4 Å². The molecule has 2 aromatic rings. The quantitative estimate of drug-likeness (QED) is 0.500. The molecule has 2 N–H and O–H groups in total. The van der Waals surface area contributed by atoms with E-state index in [4.69, 9.17) is 32.7 Å². The third kappa shape index (κ3) is 6.17. The van der Waals surface area contributed by atoms with E-state index >= 15 is 0 Å². The molecule has 2 amide bonds. The molecule has 170 valence electrons. The van der Waals surface area contributed by atoms with Gasteiger partial charge in [0.25, 0.3) is 5.91 Å². The summed E-state index contributed by atoms with van der Waals surface area (Å²) in [5.41, 5.74) is 1.49. The van der Waals surface area contributed by atoms with Crippen LogP contribution in [0.5, 0.6) is 11.5 Å². The van der Waals surface area contributed by atoms with Crippen LogP contribution in [-0.2, 0) is 4.79 Å². The molecule has 0 aromatic heterocycles. The van der Waals surface area contributed by atoms with Crippen molar-refractivity contribution in [3.05, 3.63) is 57.6 Å². The van der Waals surface area contributed by atoms with Crippen LogP contribution < -0.4 is 20.1 Å². The molecule has 0 spiro atoms. The Labute approximate surface area is 197 Å². The summed E-state index contributed by atoms with van der Waals surface area (Å²) in [6.07, 6.45) is 8.37. The second-order valence-electron chi connectivity index (χ2n) is 7.56. The van der Waals surface area contributed by atoms with Gasteiger partial charge in [0.15, 0.2) is 11.5 Å². The van der Waals surface area contributed by atoms with Crippen LogP contribution in [0.1, 0.15) is 48.0 Å². The second kappa shape index (κ2) is 11.2. The van der Waals surface area contributed by atoms with E-state index < -0.39 is 0 Å². The number of rotatable bonds is 7.